The first-order valence-corrected chi connectivity index (χ1v) is 13.6. The van der Waals surface area contributed by atoms with Crippen molar-refractivity contribution in [1.82, 2.24) is 29.7 Å². The second-order valence-corrected chi connectivity index (χ2v) is 11.5. The van der Waals surface area contributed by atoms with Gasteiger partial charge in [0.1, 0.15) is 6.07 Å². The van der Waals surface area contributed by atoms with Crippen LogP contribution >= 0.6 is 11.3 Å². The molecule has 2 aliphatic rings. The Hall–Kier alpha value is -4.04. The van der Waals surface area contributed by atoms with E-state index < -0.39 is 0 Å². The summed E-state index contributed by atoms with van der Waals surface area (Å²) >= 11 is 1.58. The Morgan fingerprint density at radius 1 is 1.16 bits per heavy atom. The summed E-state index contributed by atoms with van der Waals surface area (Å²) in [5.74, 6) is 0.171. The van der Waals surface area contributed by atoms with E-state index in [9.17, 15) is 10.1 Å². The number of amides is 1. The number of nitrogens with zero attached hydrogens (tertiary/aromatic N) is 8. The minimum atomic E-state index is 0.171. The van der Waals surface area contributed by atoms with Crippen molar-refractivity contribution in [3.05, 3.63) is 42.2 Å². The summed E-state index contributed by atoms with van der Waals surface area (Å²) in [6.45, 7) is 9.47. The van der Waals surface area contributed by atoms with Gasteiger partial charge in [0.2, 0.25) is 11.0 Å². The number of hydrogen-bond donors (Lipinski definition) is 1. The van der Waals surface area contributed by atoms with Gasteiger partial charge in [0.25, 0.3) is 0 Å². The first-order chi connectivity index (χ1) is 18.3. The number of hydrogen-bond acceptors (Lipinski definition) is 9. The number of pyridine rings is 1. The summed E-state index contributed by atoms with van der Waals surface area (Å²) in [5.41, 5.74) is 5.13. The molecule has 0 bridgehead atoms. The van der Waals surface area contributed by atoms with Gasteiger partial charge < -0.3 is 15.1 Å². The molecule has 1 N–H and O–H groups in total. The lowest BCUT2D eigenvalue weighted by Crippen LogP contribution is -2.60. The molecule has 6 heterocycles. The van der Waals surface area contributed by atoms with Crippen LogP contribution in [0.15, 0.2) is 36.7 Å². The summed E-state index contributed by atoms with van der Waals surface area (Å²) in [5, 5.41) is 28.0. The van der Waals surface area contributed by atoms with Crippen molar-refractivity contribution in [2.75, 3.05) is 36.4 Å². The molecule has 0 aromatic carbocycles. The van der Waals surface area contributed by atoms with Crippen LogP contribution in [-0.2, 0) is 4.79 Å². The number of carbonyl (C=O) groups excluding carboxylic acids is 1. The number of carbonyl (C=O) groups is 1. The smallest absolute Gasteiger partial charge is 0.219 e. The Morgan fingerprint density at radius 2 is 1.95 bits per heavy atom. The van der Waals surface area contributed by atoms with Crippen molar-refractivity contribution >= 4 is 33.6 Å². The number of fused-ring (bicyclic) bond motifs is 1. The zero-order valence-corrected chi connectivity index (χ0v) is 22.5. The standard InChI is InChI=1S/C27H29N9OS/c1-17(2)31-22-11-23(24-5-4-20-10-19(12-28)13-30-36(20)24)29-14-21(22)25-32-33-26(38-25)35-15-27(16-35)6-8-34(9-7-27)18(3)37/h4-5,10-11,13-14,17H,6-9,15-16H2,1-3H3,(H,29,31). The number of nitriles is 1. The van der Waals surface area contributed by atoms with E-state index in [4.69, 9.17) is 4.98 Å². The van der Waals surface area contributed by atoms with Gasteiger partial charge in [-0.25, -0.2) is 4.52 Å². The van der Waals surface area contributed by atoms with E-state index in [1.54, 1.807) is 29.0 Å². The highest BCUT2D eigenvalue weighted by molar-refractivity contribution is 7.18. The Balaban J connectivity index is 1.24. The summed E-state index contributed by atoms with van der Waals surface area (Å²) in [4.78, 5) is 20.7. The van der Waals surface area contributed by atoms with Crippen LogP contribution in [-0.4, -0.2) is 67.8 Å². The molecule has 0 aliphatic carbocycles. The molecule has 2 aliphatic heterocycles. The number of nitrogens with one attached hydrogen (secondary N) is 1. The van der Waals surface area contributed by atoms with E-state index in [0.717, 1.165) is 77.3 Å². The van der Waals surface area contributed by atoms with Crippen LogP contribution in [0.3, 0.4) is 0 Å². The van der Waals surface area contributed by atoms with Gasteiger partial charge in [-0.1, -0.05) is 11.3 Å². The van der Waals surface area contributed by atoms with Crippen LogP contribution in [0.2, 0.25) is 0 Å². The third-order valence-electron chi connectivity index (χ3n) is 7.48. The van der Waals surface area contributed by atoms with Crippen molar-refractivity contribution < 1.29 is 4.79 Å². The Morgan fingerprint density at radius 3 is 2.66 bits per heavy atom. The number of likely N-dealkylation sites (tertiary alicyclic amines) is 1. The quantitative estimate of drug-likeness (QED) is 0.413. The van der Waals surface area contributed by atoms with Crippen molar-refractivity contribution in [3.63, 3.8) is 0 Å². The van der Waals surface area contributed by atoms with Crippen molar-refractivity contribution in [1.29, 1.82) is 5.26 Å². The van der Waals surface area contributed by atoms with E-state index >= 15 is 0 Å². The van der Waals surface area contributed by atoms with E-state index in [-0.39, 0.29) is 17.4 Å². The molecule has 4 aromatic heterocycles. The van der Waals surface area contributed by atoms with Gasteiger partial charge in [-0.15, -0.1) is 10.2 Å². The monoisotopic (exact) mass is 527 g/mol. The molecule has 0 saturated carbocycles. The van der Waals surface area contributed by atoms with Crippen LogP contribution in [0.4, 0.5) is 10.8 Å². The molecule has 10 nitrogen and oxygen atoms in total. The lowest BCUT2D eigenvalue weighted by molar-refractivity contribution is -0.131. The van der Waals surface area contributed by atoms with E-state index in [1.165, 1.54) is 0 Å². The molecule has 0 radical (unpaired) electrons. The second kappa shape index (κ2) is 9.36. The average molecular weight is 528 g/mol. The maximum Gasteiger partial charge on any atom is 0.219 e. The van der Waals surface area contributed by atoms with Crippen molar-refractivity contribution in [2.24, 2.45) is 5.41 Å². The maximum atomic E-state index is 11.7. The van der Waals surface area contributed by atoms with Crippen LogP contribution < -0.4 is 10.2 Å². The SMILES string of the molecule is CC(=O)N1CCC2(CC1)CN(c1nnc(-c3cnc(-c4ccc5cc(C#N)cnn45)cc3NC(C)C)s1)C2. The van der Waals surface area contributed by atoms with Crippen LogP contribution in [0, 0.1) is 16.7 Å². The minimum absolute atomic E-state index is 0.171. The van der Waals surface area contributed by atoms with Crippen molar-refractivity contribution in [2.45, 2.75) is 39.7 Å². The Kier molecular flexibility index (Phi) is 5.99. The molecule has 2 fully saturated rings. The first kappa shape index (κ1) is 24.3. The molecule has 38 heavy (non-hydrogen) atoms. The molecule has 11 heteroatoms. The molecule has 4 aromatic rings. The highest BCUT2D eigenvalue weighted by atomic mass is 32.1. The van der Waals surface area contributed by atoms with E-state index in [1.807, 2.05) is 35.4 Å². The fourth-order valence-corrected chi connectivity index (χ4v) is 6.28. The Bertz CT molecular complexity index is 1550. The van der Waals surface area contributed by atoms with Crippen LogP contribution in [0.5, 0.6) is 0 Å². The fraction of sp³-hybridized carbons (Fsp3) is 0.407. The maximum absolute atomic E-state index is 11.7. The van der Waals surface area contributed by atoms with Crippen LogP contribution in [0.25, 0.3) is 27.5 Å². The lowest BCUT2D eigenvalue weighted by Gasteiger charge is -2.53. The van der Waals surface area contributed by atoms with Gasteiger partial charge in [-0.05, 0) is 51.0 Å². The molecule has 2 saturated heterocycles. The normalized spacial score (nSPS) is 16.6. The summed E-state index contributed by atoms with van der Waals surface area (Å²) in [6, 6.07) is 10.1. The minimum Gasteiger partial charge on any atom is -0.382 e. The average Bonchev–Trinajstić information content (AvgIpc) is 3.54. The van der Waals surface area contributed by atoms with Gasteiger partial charge >= 0.3 is 0 Å². The number of anilines is 2. The second-order valence-electron chi connectivity index (χ2n) is 10.6. The molecule has 0 unspecified atom stereocenters. The van der Waals surface area contributed by atoms with Crippen molar-refractivity contribution in [3.8, 4) is 28.0 Å². The van der Waals surface area contributed by atoms with E-state index in [2.05, 4.69) is 45.4 Å². The number of aromatic nitrogens is 5. The third-order valence-corrected chi connectivity index (χ3v) is 8.49. The lowest BCUT2D eigenvalue weighted by atomic mass is 9.72. The zero-order chi connectivity index (χ0) is 26.4. The predicted octanol–water partition coefficient (Wildman–Crippen LogP) is 4.06. The predicted molar refractivity (Wildman–Crippen MR) is 147 cm³/mol. The number of piperidine rings is 1. The largest absolute Gasteiger partial charge is 0.382 e. The molecule has 1 spiro atoms. The van der Waals surface area contributed by atoms with Gasteiger partial charge in [-0.2, -0.15) is 10.4 Å². The third kappa shape index (κ3) is 4.35. The molecule has 194 valence electrons. The molecule has 6 rings (SSSR count). The topological polar surface area (TPSA) is 115 Å². The molecular weight excluding hydrogens is 498 g/mol. The van der Waals surface area contributed by atoms with Gasteiger partial charge in [0.15, 0.2) is 5.01 Å². The van der Waals surface area contributed by atoms with Gasteiger partial charge in [0, 0.05) is 56.4 Å². The summed E-state index contributed by atoms with van der Waals surface area (Å²) in [7, 11) is 0. The summed E-state index contributed by atoms with van der Waals surface area (Å²) in [6.07, 6.45) is 5.50. The molecular formula is C27H29N9OS. The van der Waals surface area contributed by atoms with Gasteiger partial charge in [-0.3, -0.25) is 9.78 Å². The van der Waals surface area contributed by atoms with E-state index in [0.29, 0.717) is 5.56 Å². The van der Waals surface area contributed by atoms with Crippen LogP contribution in [0.1, 0.15) is 39.2 Å². The molecule has 0 atom stereocenters. The summed E-state index contributed by atoms with van der Waals surface area (Å²) < 4.78 is 1.80. The highest BCUT2D eigenvalue weighted by Gasteiger charge is 2.46. The zero-order valence-electron chi connectivity index (χ0n) is 21.7. The highest BCUT2D eigenvalue weighted by Crippen LogP contribution is 2.44. The first-order valence-electron chi connectivity index (χ1n) is 12.8. The fourth-order valence-electron chi connectivity index (χ4n) is 5.41. The Labute approximate surface area is 224 Å². The number of rotatable bonds is 5. The van der Waals surface area contributed by atoms with Gasteiger partial charge in [0.05, 0.1) is 34.2 Å². The molecule has 1 amide bonds.